The standard InChI is InChI=1S/C16H24N6O2/c23-15(12-17-6-7-21-8-10-24-11-9-21)13-22-16(18-19-20-22)14-4-2-1-3-5-14/h1-5,15,17,23H,6-13H2/t15-/m1/s1. The summed E-state index contributed by atoms with van der Waals surface area (Å²) in [6, 6.07) is 9.74. The van der Waals surface area contributed by atoms with Crippen molar-refractivity contribution in [1.82, 2.24) is 30.4 Å². The van der Waals surface area contributed by atoms with E-state index in [1.54, 1.807) is 4.68 Å². The first-order chi connectivity index (χ1) is 11.8. The molecule has 2 aromatic rings. The summed E-state index contributed by atoms with van der Waals surface area (Å²) < 4.78 is 6.97. The van der Waals surface area contributed by atoms with Crippen molar-refractivity contribution in [2.75, 3.05) is 45.9 Å². The summed E-state index contributed by atoms with van der Waals surface area (Å²) in [4.78, 5) is 2.36. The zero-order valence-electron chi connectivity index (χ0n) is 13.7. The van der Waals surface area contributed by atoms with Crippen molar-refractivity contribution in [3.63, 3.8) is 0 Å². The maximum Gasteiger partial charge on any atom is 0.182 e. The van der Waals surface area contributed by atoms with Gasteiger partial charge in [-0.1, -0.05) is 30.3 Å². The fourth-order valence-corrected chi connectivity index (χ4v) is 2.72. The first-order valence-corrected chi connectivity index (χ1v) is 8.33. The van der Waals surface area contributed by atoms with Gasteiger partial charge >= 0.3 is 0 Å². The SMILES string of the molecule is O[C@H](CNCCN1CCOCC1)Cn1nnnc1-c1ccccc1. The molecule has 1 aromatic heterocycles. The topological polar surface area (TPSA) is 88.3 Å². The van der Waals surface area contributed by atoms with Crippen molar-refractivity contribution in [1.29, 1.82) is 0 Å². The number of morpholine rings is 1. The van der Waals surface area contributed by atoms with Crippen LogP contribution in [0.2, 0.25) is 0 Å². The Bertz CT molecular complexity index is 600. The van der Waals surface area contributed by atoms with Crippen LogP contribution in [-0.2, 0) is 11.3 Å². The van der Waals surface area contributed by atoms with Gasteiger partial charge in [-0.2, -0.15) is 0 Å². The van der Waals surface area contributed by atoms with E-state index in [0.29, 0.717) is 18.9 Å². The largest absolute Gasteiger partial charge is 0.390 e. The van der Waals surface area contributed by atoms with E-state index in [1.807, 2.05) is 30.3 Å². The molecule has 130 valence electrons. The van der Waals surface area contributed by atoms with Gasteiger partial charge in [-0.05, 0) is 10.4 Å². The Morgan fingerprint density at radius 1 is 1.21 bits per heavy atom. The minimum Gasteiger partial charge on any atom is -0.390 e. The van der Waals surface area contributed by atoms with Gasteiger partial charge in [0, 0.05) is 38.3 Å². The zero-order valence-corrected chi connectivity index (χ0v) is 13.7. The molecule has 0 radical (unpaired) electrons. The van der Waals surface area contributed by atoms with Crippen LogP contribution in [0.5, 0.6) is 0 Å². The summed E-state index contributed by atoms with van der Waals surface area (Å²) in [5.74, 6) is 0.669. The predicted molar refractivity (Wildman–Crippen MR) is 89.4 cm³/mol. The van der Waals surface area contributed by atoms with E-state index in [1.165, 1.54) is 0 Å². The number of aromatic nitrogens is 4. The number of benzene rings is 1. The molecule has 3 rings (SSSR count). The van der Waals surface area contributed by atoms with E-state index in [-0.39, 0.29) is 0 Å². The summed E-state index contributed by atoms with van der Waals surface area (Å²) in [5.41, 5.74) is 0.940. The molecule has 1 aliphatic heterocycles. The molecule has 1 saturated heterocycles. The number of nitrogens with one attached hydrogen (secondary N) is 1. The molecule has 1 atom stereocenters. The third-order valence-electron chi connectivity index (χ3n) is 4.04. The average molecular weight is 332 g/mol. The van der Waals surface area contributed by atoms with Gasteiger partial charge in [-0.15, -0.1) is 5.10 Å². The molecule has 2 heterocycles. The number of aliphatic hydroxyl groups is 1. The van der Waals surface area contributed by atoms with Crippen LogP contribution in [0.3, 0.4) is 0 Å². The second-order valence-electron chi connectivity index (χ2n) is 5.86. The van der Waals surface area contributed by atoms with Gasteiger partial charge < -0.3 is 15.2 Å². The van der Waals surface area contributed by atoms with Crippen LogP contribution in [0.25, 0.3) is 11.4 Å². The van der Waals surface area contributed by atoms with Crippen LogP contribution in [0.4, 0.5) is 0 Å². The normalized spacial score (nSPS) is 17.0. The van der Waals surface area contributed by atoms with E-state index in [2.05, 4.69) is 25.7 Å². The van der Waals surface area contributed by atoms with Gasteiger partial charge in [0.15, 0.2) is 5.82 Å². The van der Waals surface area contributed by atoms with Gasteiger partial charge in [0.2, 0.25) is 0 Å². The van der Waals surface area contributed by atoms with Crippen LogP contribution >= 0.6 is 0 Å². The number of hydrogen-bond acceptors (Lipinski definition) is 7. The lowest BCUT2D eigenvalue weighted by atomic mass is 10.2. The number of rotatable bonds is 8. The molecule has 0 unspecified atom stereocenters. The Morgan fingerprint density at radius 3 is 2.79 bits per heavy atom. The monoisotopic (exact) mass is 332 g/mol. The highest BCUT2D eigenvalue weighted by Crippen LogP contribution is 2.14. The molecule has 0 bridgehead atoms. The van der Waals surface area contributed by atoms with Crippen LogP contribution in [0.1, 0.15) is 0 Å². The molecule has 0 aliphatic carbocycles. The minimum absolute atomic E-state index is 0.363. The van der Waals surface area contributed by atoms with Gasteiger partial charge in [-0.25, -0.2) is 4.68 Å². The molecule has 2 N–H and O–H groups in total. The number of ether oxygens (including phenoxy) is 1. The molecule has 8 heteroatoms. The minimum atomic E-state index is -0.541. The van der Waals surface area contributed by atoms with Gasteiger partial charge in [0.05, 0.1) is 25.9 Å². The molecule has 0 saturated carbocycles. The Kier molecular flexibility index (Phi) is 6.25. The summed E-state index contributed by atoms with van der Waals surface area (Å²) in [6.45, 7) is 6.27. The molecule has 1 fully saturated rings. The van der Waals surface area contributed by atoms with Crippen molar-refractivity contribution in [3.05, 3.63) is 30.3 Å². The molecular formula is C16H24N6O2. The fraction of sp³-hybridized carbons (Fsp3) is 0.562. The lowest BCUT2D eigenvalue weighted by Crippen LogP contribution is -2.41. The quantitative estimate of drug-likeness (QED) is 0.637. The molecular weight excluding hydrogens is 308 g/mol. The van der Waals surface area contributed by atoms with Crippen LogP contribution in [0, 0.1) is 0 Å². The fourth-order valence-electron chi connectivity index (χ4n) is 2.72. The molecule has 8 nitrogen and oxygen atoms in total. The Balaban J connectivity index is 1.42. The maximum atomic E-state index is 10.2. The molecule has 0 amide bonds. The second kappa shape index (κ2) is 8.84. The van der Waals surface area contributed by atoms with Crippen LogP contribution in [-0.4, -0.2) is 82.3 Å². The number of tetrazole rings is 1. The van der Waals surface area contributed by atoms with Crippen molar-refractivity contribution < 1.29 is 9.84 Å². The maximum absolute atomic E-state index is 10.2. The van der Waals surface area contributed by atoms with Crippen molar-refractivity contribution in [2.24, 2.45) is 0 Å². The number of hydrogen-bond donors (Lipinski definition) is 2. The summed E-state index contributed by atoms with van der Waals surface area (Å²) in [6.07, 6.45) is -0.541. The average Bonchev–Trinajstić information content (AvgIpc) is 3.08. The molecule has 0 spiro atoms. The van der Waals surface area contributed by atoms with Crippen molar-refractivity contribution >= 4 is 0 Å². The lowest BCUT2D eigenvalue weighted by molar-refractivity contribution is 0.0379. The molecule has 1 aliphatic rings. The lowest BCUT2D eigenvalue weighted by Gasteiger charge is -2.26. The van der Waals surface area contributed by atoms with Crippen LogP contribution < -0.4 is 5.32 Å². The van der Waals surface area contributed by atoms with Crippen LogP contribution in [0.15, 0.2) is 30.3 Å². The molecule has 1 aromatic carbocycles. The Hall–Kier alpha value is -1.87. The highest BCUT2D eigenvalue weighted by molar-refractivity contribution is 5.53. The van der Waals surface area contributed by atoms with E-state index >= 15 is 0 Å². The van der Waals surface area contributed by atoms with Crippen molar-refractivity contribution in [2.45, 2.75) is 12.6 Å². The number of aliphatic hydroxyl groups excluding tert-OH is 1. The predicted octanol–water partition coefficient (Wildman–Crippen LogP) is -0.377. The third kappa shape index (κ3) is 4.81. The Morgan fingerprint density at radius 2 is 2.00 bits per heavy atom. The summed E-state index contributed by atoms with van der Waals surface area (Å²) in [7, 11) is 0. The van der Waals surface area contributed by atoms with E-state index in [4.69, 9.17) is 4.74 Å². The summed E-state index contributed by atoms with van der Waals surface area (Å²) in [5, 5.41) is 25.3. The van der Waals surface area contributed by atoms with E-state index in [9.17, 15) is 5.11 Å². The van der Waals surface area contributed by atoms with Gasteiger partial charge in [-0.3, -0.25) is 4.90 Å². The first-order valence-electron chi connectivity index (χ1n) is 8.33. The van der Waals surface area contributed by atoms with Gasteiger partial charge in [0.1, 0.15) is 0 Å². The number of nitrogens with zero attached hydrogens (tertiary/aromatic N) is 5. The van der Waals surface area contributed by atoms with E-state index in [0.717, 1.165) is 45.0 Å². The third-order valence-corrected chi connectivity index (χ3v) is 4.04. The second-order valence-corrected chi connectivity index (χ2v) is 5.86. The smallest absolute Gasteiger partial charge is 0.182 e. The Labute approximate surface area is 141 Å². The highest BCUT2D eigenvalue weighted by Gasteiger charge is 2.13. The zero-order chi connectivity index (χ0) is 16.6. The van der Waals surface area contributed by atoms with Crippen molar-refractivity contribution in [3.8, 4) is 11.4 Å². The highest BCUT2D eigenvalue weighted by atomic mass is 16.5. The first kappa shape index (κ1) is 17.0. The van der Waals surface area contributed by atoms with Gasteiger partial charge in [0.25, 0.3) is 0 Å². The summed E-state index contributed by atoms with van der Waals surface area (Å²) >= 11 is 0. The van der Waals surface area contributed by atoms with E-state index < -0.39 is 6.10 Å². The molecule has 24 heavy (non-hydrogen) atoms.